The van der Waals surface area contributed by atoms with Gasteiger partial charge in [-0.05, 0) is 7.05 Å². The summed E-state index contributed by atoms with van der Waals surface area (Å²) in [5.41, 5.74) is 0.738. The quantitative estimate of drug-likeness (QED) is 0.816. The molecule has 0 radical (unpaired) electrons. The van der Waals surface area contributed by atoms with E-state index in [1.807, 2.05) is 10.6 Å². The molecule has 2 aromatic heterocycles. The van der Waals surface area contributed by atoms with E-state index in [2.05, 4.69) is 32.4 Å². The fraction of sp³-hybridized carbons (Fsp3) is 0.545. The van der Waals surface area contributed by atoms with Crippen LogP contribution in [0.15, 0.2) is 18.7 Å². The van der Waals surface area contributed by atoms with Crippen LogP contribution in [0.1, 0.15) is 0 Å². The Labute approximate surface area is 105 Å². The molecule has 3 heterocycles. The van der Waals surface area contributed by atoms with Gasteiger partial charge in [-0.2, -0.15) is 0 Å². The summed E-state index contributed by atoms with van der Waals surface area (Å²) in [4.78, 5) is 6.54. The number of hydrogen-bond donors (Lipinski definition) is 1. The van der Waals surface area contributed by atoms with Crippen LogP contribution in [0.5, 0.6) is 0 Å². The number of aromatic nitrogens is 4. The van der Waals surface area contributed by atoms with E-state index in [-0.39, 0.29) is 6.10 Å². The van der Waals surface area contributed by atoms with Gasteiger partial charge < -0.3 is 15.0 Å². The van der Waals surface area contributed by atoms with Crippen LogP contribution in [0, 0.1) is 0 Å². The summed E-state index contributed by atoms with van der Waals surface area (Å²) in [7, 11) is 2.10. The highest BCUT2D eigenvalue weighted by molar-refractivity contribution is 5.61. The molecule has 7 heteroatoms. The first-order valence-electron chi connectivity index (χ1n) is 6.01. The van der Waals surface area contributed by atoms with E-state index < -0.39 is 0 Å². The van der Waals surface area contributed by atoms with Crippen molar-refractivity contribution in [2.45, 2.75) is 6.10 Å². The number of likely N-dealkylation sites (N-methyl/N-ethyl adjacent to an activating group) is 1. The van der Waals surface area contributed by atoms with E-state index in [1.165, 1.54) is 0 Å². The van der Waals surface area contributed by atoms with Crippen molar-refractivity contribution in [3.63, 3.8) is 0 Å². The van der Waals surface area contributed by atoms with Gasteiger partial charge in [0.15, 0.2) is 5.82 Å². The van der Waals surface area contributed by atoms with Gasteiger partial charge in [0.25, 0.3) is 0 Å². The van der Waals surface area contributed by atoms with Gasteiger partial charge in [-0.1, -0.05) is 0 Å². The first kappa shape index (κ1) is 11.4. The summed E-state index contributed by atoms with van der Waals surface area (Å²) in [6.45, 7) is 3.44. The molecular weight excluding hydrogens is 232 g/mol. The maximum absolute atomic E-state index is 5.69. The molecule has 2 aromatic rings. The van der Waals surface area contributed by atoms with Crippen molar-refractivity contribution in [3.8, 4) is 0 Å². The van der Waals surface area contributed by atoms with Gasteiger partial charge in [0, 0.05) is 32.0 Å². The number of hydrogen-bond acceptors (Lipinski definition) is 6. The molecule has 1 fully saturated rings. The minimum absolute atomic E-state index is 0.189. The average molecular weight is 248 g/mol. The normalized spacial score (nSPS) is 21.3. The van der Waals surface area contributed by atoms with Crippen LogP contribution >= 0.6 is 0 Å². The molecule has 0 spiro atoms. The van der Waals surface area contributed by atoms with E-state index in [9.17, 15) is 0 Å². The lowest BCUT2D eigenvalue weighted by molar-refractivity contribution is -0.0117. The molecule has 1 aliphatic rings. The third-order valence-corrected chi connectivity index (χ3v) is 3.05. The standard InChI is InChI=1S/C11H16N6O/c1-16-4-5-18-9(7-16)6-13-10-11-15-14-8-17(11)3-2-12-10/h2-3,8-9H,4-7H2,1H3,(H,12,13). The summed E-state index contributed by atoms with van der Waals surface area (Å²) >= 11 is 0. The fourth-order valence-corrected chi connectivity index (χ4v) is 2.08. The summed E-state index contributed by atoms with van der Waals surface area (Å²) in [6.07, 6.45) is 5.40. The Kier molecular flexibility index (Phi) is 3.07. The molecule has 7 nitrogen and oxygen atoms in total. The highest BCUT2D eigenvalue weighted by Gasteiger charge is 2.17. The predicted molar refractivity (Wildman–Crippen MR) is 66.5 cm³/mol. The lowest BCUT2D eigenvalue weighted by atomic mass is 10.3. The van der Waals surface area contributed by atoms with Gasteiger partial charge in [0.1, 0.15) is 6.33 Å². The largest absolute Gasteiger partial charge is 0.374 e. The Hall–Kier alpha value is -1.73. The van der Waals surface area contributed by atoms with Gasteiger partial charge in [-0.25, -0.2) is 4.98 Å². The molecule has 1 N–H and O–H groups in total. The van der Waals surface area contributed by atoms with Crippen LogP contribution < -0.4 is 5.32 Å². The van der Waals surface area contributed by atoms with Gasteiger partial charge >= 0.3 is 0 Å². The minimum Gasteiger partial charge on any atom is -0.374 e. The van der Waals surface area contributed by atoms with Gasteiger partial charge in [0.05, 0.1) is 12.7 Å². The van der Waals surface area contributed by atoms with Crippen molar-refractivity contribution in [2.75, 3.05) is 38.6 Å². The number of anilines is 1. The van der Waals surface area contributed by atoms with Crippen molar-refractivity contribution in [2.24, 2.45) is 0 Å². The SMILES string of the molecule is CN1CCOC(CNc2nccn3cnnc23)C1. The molecule has 0 aromatic carbocycles. The molecule has 0 saturated carbocycles. The van der Waals surface area contributed by atoms with Crippen LogP contribution in [-0.4, -0.2) is 63.9 Å². The third kappa shape index (κ3) is 2.27. The van der Waals surface area contributed by atoms with Crippen LogP contribution in [0.25, 0.3) is 5.65 Å². The second kappa shape index (κ2) is 4.87. The number of nitrogens with zero attached hydrogens (tertiary/aromatic N) is 5. The topological polar surface area (TPSA) is 67.6 Å². The number of nitrogens with one attached hydrogen (secondary N) is 1. The van der Waals surface area contributed by atoms with E-state index in [1.54, 1.807) is 12.5 Å². The summed E-state index contributed by atoms with van der Waals surface area (Å²) < 4.78 is 7.53. The number of morpholine rings is 1. The number of ether oxygens (including phenoxy) is 1. The molecule has 1 saturated heterocycles. The molecule has 1 atom stereocenters. The number of fused-ring (bicyclic) bond motifs is 1. The van der Waals surface area contributed by atoms with Crippen molar-refractivity contribution in [1.29, 1.82) is 0 Å². The van der Waals surface area contributed by atoms with Crippen molar-refractivity contribution in [1.82, 2.24) is 24.5 Å². The highest BCUT2D eigenvalue weighted by atomic mass is 16.5. The first-order chi connectivity index (χ1) is 8.83. The van der Waals surface area contributed by atoms with Crippen LogP contribution in [0.4, 0.5) is 5.82 Å². The van der Waals surface area contributed by atoms with Crippen LogP contribution in [-0.2, 0) is 4.74 Å². The van der Waals surface area contributed by atoms with Crippen molar-refractivity contribution >= 4 is 11.5 Å². The van der Waals surface area contributed by atoms with E-state index in [4.69, 9.17) is 4.74 Å². The third-order valence-electron chi connectivity index (χ3n) is 3.05. The van der Waals surface area contributed by atoms with Gasteiger partial charge in [-0.3, -0.25) is 4.40 Å². The number of rotatable bonds is 3. The van der Waals surface area contributed by atoms with Crippen LogP contribution in [0.3, 0.4) is 0 Å². The Morgan fingerprint density at radius 3 is 3.39 bits per heavy atom. The monoisotopic (exact) mass is 248 g/mol. The molecular formula is C11H16N6O. The molecule has 1 unspecified atom stereocenters. The smallest absolute Gasteiger partial charge is 0.203 e. The molecule has 0 bridgehead atoms. The average Bonchev–Trinajstić information content (AvgIpc) is 2.85. The van der Waals surface area contributed by atoms with E-state index in [0.717, 1.165) is 37.7 Å². The lowest BCUT2D eigenvalue weighted by Gasteiger charge is -2.30. The first-order valence-corrected chi connectivity index (χ1v) is 6.01. The second-order valence-corrected chi connectivity index (χ2v) is 4.47. The Morgan fingerprint density at radius 1 is 1.56 bits per heavy atom. The van der Waals surface area contributed by atoms with E-state index in [0.29, 0.717) is 0 Å². The van der Waals surface area contributed by atoms with Crippen molar-refractivity contribution in [3.05, 3.63) is 18.7 Å². The fourth-order valence-electron chi connectivity index (χ4n) is 2.08. The zero-order valence-electron chi connectivity index (χ0n) is 10.3. The molecule has 18 heavy (non-hydrogen) atoms. The minimum atomic E-state index is 0.189. The van der Waals surface area contributed by atoms with Gasteiger partial charge in [0.2, 0.25) is 5.65 Å². The summed E-state index contributed by atoms with van der Waals surface area (Å²) in [5.74, 6) is 0.742. The molecule has 3 rings (SSSR count). The lowest BCUT2D eigenvalue weighted by Crippen LogP contribution is -2.43. The van der Waals surface area contributed by atoms with Crippen LogP contribution in [0.2, 0.25) is 0 Å². The van der Waals surface area contributed by atoms with E-state index >= 15 is 0 Å². The zero-order chi connectivity index (χ0) is 12.4. The maximum Gasteiger partial charge on any atom is 0.203 e. The Balaban J connectivity index is 1.67. The molecule has 0 amide bonds. The summed E-state index contributed by atoms with van der Waals surface area (Å²) in [6, 6.07) is 0. The molecule has 0 aliphatic carbocycles. The Bertz CT molecular complexity index is 527. The molecule has 96 valence electrons. The summed E-state index contributed by atoms with van der Waals surface area (Å²) in [5, 5.41) is 11.2. The van der Waals surface area contributed by atoms with Crippen molar-refractivity contribution < 1.29 is 4.74 Å². The highest BCUT2D eigenvalue weighted by Crippen LogP contribution is 2.11. The predicted octanol–water partition coefficient (Wildman–Crippen LogP) is -0.133. The van der Waals surface area contributed by atoms with Gasteiger partial charge in [-0.15, -0.1) is 10.2 Å². The maximum atomic E-state index is 5.69. The Morgan fingerprint density at radius 2 is 2.50 bits per heavy atom. The molecule has 1 aliphatic heterocycles. The second-order valence-electron chi connectivity index (χ2n) is 4.47. The zero-order valence-corrected chi connectivity index (χ0v) is 10.3.